The van der Waals surface area contributed by atoms with Crippen molar-refractivity contribution in [3.8, 4) is 0 Å². The predicted octanol–water partition coefficient (Wildman–Crippen LogP) is 1.05. The number of nitrogens with zero attached hydrogens (tertiary/aromatic N) is 6. The first-order valence-corrected chi connectivity index (χ1v) is 8.39. The molecule has 0 aromatic carbocycles. The number of hydrogen-bond acceptors (Lipinski definition) is 6. The molecule has 25 heavy (non-hydrogen) atoms. The van der Waals surface area contributed by atoms with Gasteiger partial charge in [-0.15, -0.1) is 15.3 Å². The summed E-state index contributed by atoms with van der Waals surface area (Å²) in [5, 5.41) is 15.3. The summed E-state index contributed by atoms with van der Waals surface area (Å²) in [5.41, 5.74) is 1.58. The molecule has 0 radical (unpaired) electrons. The van der Waals surface area contributed by atoms with Crippen LogP contribution in [0.2, 0.25) is 0 Å². The fourth-order valence-corrected chi connectivity index (χ4v) is 3.11. The molecule has 8 heteroatoms. The van der Waals surface area contributed by atoms with Crippen LogP contribution >= 0.6 is 0 Å². The van der Waals surface area contributed by atoms with Crippen molar-refractivity contribution >= 4 is 17.4 Å². The number of anilines is 1. The number of aromatic nitrogens is 5. The van der Waals surface area contributed by atoms with E-state index in [1.165, 1.54) is 0 Å². The summed E-state index contributed by atoms with van der Waals surface area (Å²) in [6.07, 6.45) is 5.17. The number of nitrogens with one attached hydrogen (secondary N) is 1. The second-order valence-electron chi connectivity index (χ2n) is 6.15. The Morgan fingerprint density at radius 3 is 3.12 bits per heavy atom. The number of amides is 1. The second-order valence-corrected chi connectivity index (χ2v) is 6.15. The molecule has 0 spiro atoms. The van der Waals surface area contributed by atoms with E-state index < -0.39 is 0 Å². The maximum Gasteiger partial charge on any atom is 0.225 e. The van der Waals surface area contributed by atoms with Gasteiger partial charge in [-0.2, -0.15) is 4.52 Å². The molecule has 1 atom stereocenters. The zero-order chi connectivity index (χ0) is 17.1. The molecule has 1 amide bonds. The minimum atomic E-state index is -0.0455. The van der Waals surface area contributed by atoms with Gasteiger partial charge in [-0.1, -0.05) is 6.07 Å². The lowest BCUT2D eigenvalue weighted by atomic mass is 9.97. The van der Waals surface area contributed by atoms with Crippen LogP contribution in [0.4, 0.5) is 5.82 Å². The molecule has 0 bridgehead atoms. The van der Waals surface area contributed by atoms with Crippen LogP contribution in [0.3, 0.4) is 0 Å². The van der Waals surface area contributed by atoms with Crippen LogP contribution in [-0.2, 0) is 11.3 Å². The van der Waals surface area contributed by atoms with E-state index in [1.54, 1.807) is 17.0 Å². The van der Waals surface area contributed by atoms with E-state index in [1.807, 2.05) is 30.3 Å². The normalized spacial score (nSPS) is 17.6. The van der Waals surface area contributed by atoms with Gasteiger partial charge in [0.25, 0.3) is 0 Å². The minimum absolute atomic E-state index is 0.0455. The van der Waals surface area contributed by atoms with E-state index in [-0.39, 0.29) is 11.8 Å². The van der Waals surface area contributed by atoms with E-state index in [0.717, 1.165) is 30.9 Å². The molecule has 4 rings (SSSR count). The minimum Gasteiger partial charge on any atom is -0.354 e. The van der Waals surface area contributed by atoms with Crippen LogP contribution in [-0.4, -0.2) is 43.8 Å². The van der Waals surface area contributed by atoms with Crippen molar-refractivity contribution in [3.05, 3.63) is 48.5 Å². The van der Waals surface area contributed by atoms with Crippen molar-refractivity contribution in [1.82, 2.24) is 30.1 Å². The first-order chi connectivity index (χ1) is 12.3. The van der Waals surface area contributed by atoms with Gasteiger partial charge in [0.1, 0.15) is 12.1 Å². The van der Waals surface area contributed by atoms with Crippen LogP contribution in [0.1, 0.15) is 18.5 Å². The summed E-state index contributed by atoms with van der Waals surface area (Å²) in [4.78, 5) is 18.9. The quantitative estimate of drug-likeness (QED) is 0.766. The molecule has 1 aliphatic heterocycles. The Bertz CT molecular complexity index is 864. The average molecular weight is 337 g/mol. The third-order valence-corrected chi connectivity index (χ3v) is 4.43. The lowest BCUT2D eigenvalue weighted by molar-refractivity contribution is -0.125. The predicted molar refractivity (Wildman–Crippen MR) is 91.8 cm³/mol. The highest BCUT2D eigenvalue weighted by Gasteiger charge is 2.26. The molecule has 4 heterocycles. The molecule has 0 saturated carbocycles. The fourth-order valence-electron chi connectivity index (χ4n) is 3.11. The number of fused-ring (bicyclic) bond motifs is 1. The van der Waals surface area contributed by atoms with Crippen LogP contribution in [0, 0.1) is 5.92 Å². The van der Waals surface area contributed by atoms with Crippen LogP contribution in [0.5, 0.6) is 0 Å². The maximum absolute atomic E-state index is 12.5. The molecule has 1 aliphatic rings. The first kappa shape index (κ1) is 15.5. The van der Waals surface area contributed by atoms with E-state index in [4.69, 9.17) is 0 Å². The van der Waals surface area contributed by atoms with Gasteiger partial charge < -0.3 is 10.2 Å². The van der Waals surface area contributed by atoms with Gasteiger partial charge in [-0.05, 0) is 37.1 Å². The number of piperidine rings is 1. The molecule has 8 nitrogen and oxygen atoms in total. The molecule has 1 fully saturated rings. The third-order valence-electron chi connectivity index (χ3n) is 4.43. The second kappa shape index (κ2) is 6.84. The highest BCUT2D eigenvalue weighted by molar-refractivity contribution is 5.79. The van der Waals surface area contributed by atoms with E-state index >= 15 is 0 Å². The average Bonchev–Trinajstić information content (AvgIpc) is 3.15. The van der Waals surface area contributed by atoms with Gasteiger partial charge in [-0.25, -0.2) is 0 Å². The summed E-state index contributed by atoms with van der Waals surface area (Å²) in [5.74, 6) is 0.867. The van der Waals surface area contributed by atoms with Gasteiger partial charge in [0, 0.05) is 19.3 Å². The van der Waals surface area contributed by atoms with E-state index in [0.29, 0.717) is 18.7 Å². The molecule has 128 valence electrons. The Kier molecular flexibility index (Phi) is 4.24. The van der Waals surface area contributed by atoms with Gasteiger partial charge in [0.2, 0.25) is 5.91 Å². The van der Waals surface area contributed by atoms with Crippen LogP contribution in [0.15, 0.2) is 42.9 Å². The summed E-state index contributed by atoms with van der Waals surface area (Å²) in [6.45, 7) is 2.01. The lowest BCUT2D eigenvalue weighted by Gasteiger charge is -2.32. The SMILES string of the molecule is O=C(NCc1ccccn1)C1CCCN(c2ccc3nncn3n2)C1. The Balaban J connectivity index is 1.40. The smallest absolute Gasteiger partial charge is 0.225 e. The summed E-state index contributed by atoms with van der Waals surface area (Å²) in [7, 11) is 0. The van der Waals surface area contributed by atoms with Crippen molar-refractivity contribution in [2.75, 3.05) is 18.0 Å². The summed E-state index contributed by atoms with van der Waals surface area (Å²) in [6, 6.07) is 9.51. The van der Waals surface area contributed by atoms with Gasteiger partial charge in [0.15, 0.2) is 5.65 Å². The standard InChI is InChI=1S/C17H19N7O/c25-17(19-10-14-5-1-2-8-18-14)13-4-3-9-23(11-13)16-7-6-15-21-20-12-24(15)22-16/h1-2,5-8,12-13H,3-4,9-11H2,(H,19,25). The van der Waals surface area contributed by atoms with Crippen molar-refractivity contribution in [2.24, 2.45) is 5.92 Å². The lowest BCUT2D eigenvalue weighted by Crippen LogP contribution is -2.43. The van der Waals surface area contributed by atoms with Crippen molar-refractivity contribution in [2.45, 2.75) is 19.4 Å². The maximum atomic E-state index is 12.5. The molecule has 1 N–H and O–H groups in total. The monoisotopic (exact) mass is 337 g/mol. The van der Waals surface area contributed by atoms with Crippen LogP contribution < -0.4 is 10.2 Å². The number of hydrogen-bond donors (Lipinski definition) is 1. The molecule has 1 unspecified atom stereocenters. The molecule has 3 aromatic heterocycles. The Morgan fingerprint density at radius 1 is 1.28 bits per heavy atom. The largest absolute Gasteiger partial charge is 0.354 e. The number of carbonyl (C=O) groups is 1. The van der Waals surface area contributed by atoms with Gasteiger partial charge >= 0.3 is 0 Å². The van der Waals surface area contributed by atoms with Crippen molar-refractivity contribution in [3.63, 3.8) is 0 Å². The Labute approximate surface area is 144 Å². The highest BCUT2D eigenvalue weighted by atomic mass is 16.1. The highest BCUT2D eigenvalue weighted by Crippen LogP contribution is 2.22. The number of pyridine rings is 1. The summed E-state index contributed by atoms with van der Waals surface area (Å²) >= 11 is 0. The fraction of sp³-hybridized carbons (Fsp3) is 0.353. The van der Waals surface area contributed by atoms with Crippen molar-refractivity contribution < 1.29 is 4.79 Å². The molecular weight excluding hydrogens is 318 g/mol. The Morgan fingerprint density at radius 2 is 2.24 bits per heavy atom. The third kappa shape index (κ3) is 3.42. The molecule has 0 aliphatic carbocycles. The molecule has 3 aromatic rings. The van der Waals surface area contributed by atoms with E-state index in [2.05, 4.69) is 30.5 Å². The summed E-state index contributed by atoms with van der Waals surface area (Å²) < 4.78 is 1.65. The van der Waals surface area contributed by atoms with Gasteiger partial charge in [0.05, 0.1) is 18.2 Å². The zero-order valence-electron chi connectivity index (χ0n) is 13.7. The topological polar surface area (TPSA) is 88.3 Å². The van der Waals surface area contributed by atoms with Gasteiger partial charge in [-0.3, -0.25) is 9.78 Å². The van der Waals surface area contributed by atoms with Crippen molar-refractivity contribution in [1.29, 1.82) is 0 Å². The first-order valence-electron chi connectivity index (χ1n) is 8.39. The molecule has 1 saturated heterocycles. The molecular formula is C17H19N7O. The zero-order valence-corrected chi connectivity index (χ0v) is 13.7. The van der Waals surface area contributed by atoms with E-state index in [9.17, 15) is 4.79 Å². The number of carbonyl (C=O) groups excluding carboxylic acids is 1. The Hall–Kier alpha value is -3.03. The van der Waals surface area contributed by atoms with Crippen LogP contribution in [0.25, 0.3) is 5.65 Å². The number of rotatable bonds is 4.